The van der Waals surface area contributed by atoms with E-state index in [1.165, 1.54) is 23.1 Å². The molecule has 0 saturated heterocycles. The van der Waals surface area contributed by atoms with Crippen LogP contribution in [0.5, 0.6) is 11.5 Å². The fourth-order valence-corrected chi connectivity index (χ4v) is 5.05. The number of thiazole rings is 1. The average molecular weight is 497 g/mol. The van der Waals surface area contributed by atoms with E-state index in [4.69, 9.17) is 14.2 Å². The van der Waals surface area contributed by atoms with Crippen molar-refractivity contribution in [2.45, 2.75) is 24.8 Å². The van der Waals surface area contributed by atoms with E-state index in [2.05, 4.69) is 15.2 Å². The number of aromatic nitrogens is 4. The standard InChI is InChI=1S/C24H24N4O4S2/c1-5-32-23(29)19-13-33-21(25-19)14-34-24-27-26-22(28(24)20-9-7-6-8-15(20)2)16-10-17(30-3)12-18(11-16)31-4/h6-13H,5,14H2,1-4H3. The van der Waals surface area contributed by atoms with Crippen molar-refractivity contribution < 1.29 is 19.0 Å². The SMILES string of the molecule is CCOC(=O)c1csc(CSc2nnc(-c3cc(OC)cc(OC)c3)n2-c2ccccc2C)n1. The van der Waals surface area contributed by atoms with Crippen molar-refractivity contribution in [1.29, 1.82) is 0 Å². The number of hydrogen-bond acceptors (Lipinski definition) is 9. The van der Waals surface area contributed by atoms with Gasteiger partial charge in [0.05, 0.1) is 32.3 Å². The van der Waals surface area contributed by atoms with E-state index in [9.17, 15) is 4.79 Å². The molecule has 0 spiro atoms. The zero-order valence-electron chi connectivity index (χ0n) is 19.3. The maximum absolute atomic E-state index is 11.9. The van der Waals surface area contributed by atoms with Crippen molar-refractivity contribution >= 4 is 29.1 Å². The Morgan fingerprint density at radius 2 is 1.82 bits per heavy atom. The van der Waals surface area contributed by atoms with Crippen LogP contribution in [0.1, 0.15) is 28.0 Å². The Morgan fingerprint density at radius 1 is 1.09 bits per heavy atom. The third kappa shape index (κ3) is 5.07. The van der Waals surface area contributed by atoms with E-state index < -0.39 is 5.97 Å². The topological polar surface area (TPSA) is 88.4 Å². The van der Waals surface area contributed by atoms with Gasteiger partial charge in [-0.2, -0.15) is 0 Å². The minimum absolute atomic E-state index is 0.317. The second-order valence-corrected chi connectivity index (χ2v) is 9.05. The van der Waals surface area contributed by atoms with Gasteiger partial charge in [0.25, 0.3) is 0 Å². The number of aryl methyl sites for hydroxylation is 1. The first-order valence-corrected chi connectivity index (χ1v) is 12.4. The van der Waals surface area contributed by atoms with Gasteiger partial charge in [-0.05, 0) is 37.6 Å². The van der Waals surface area contributed by atoms with Gasteiger partial charge in [-0.25, -0.2) is 9.78 Å². The van der Waals surface area contributed by atoms with Gasteiger partial charge in [0.2, 0.25) is 0 Å². The third-order valence-electron chi connectivity index (χ3n) is 4.96. The Hall–Kier alpha value is -3.37. The lowest BCUT2D eigenvalue weighted by Crippen LogP contribution is -2.05. The monoisotopic (exact) mass is 496 g/mol. The number of esters is 1. The van der Waals surface area contributed by atoms with Gasteiger partial charge >= 0.3 is 5.97 Å². The van der Waals surface area contributed by atoms with Crippen LogP contribution in [0.4, 0.5) is 0 Å². The summed E-state index contributed by atoms with van der Waals surface area (Å²) in [6.07, 6.45) is 0. The smallest absolute Gasteiger partial charge is 0.357 e. The van der Waals surface area contributed by atoms with E-state index in [0.717, 1.165) is 21.8 Å². The highest BCUT2D eigenvalue weighted by Crippen LogP contribution is 2.34. The molecular formula is C24H24N4O4S2. The van der Waals surface area contributed by atoms with Crippen LogP contribution >= 0.6 is 23.1 Å². The van der Waals surface area contributed by atoms with Crippen LogP contribution in [0.2, 0.25) is 0 Å². The first-order valence-electron chi connectivity index (χ1n) is 10.5. The van der Waals surface area contributed by atoms with Gasteiger partial charge in [0.15, 0.2) is 16.7 Å². The molecule has 4 rings (SSSR count). The van der Waals surface area contributed by atoms with Crippen molar-refractivity contribution in [2.75, 3.05) is 20.8 Å². The highest BCUT2D eigenvalue weighted by Gasteiger charge is 2.20. The largest absolute Gasteiger partial charge is 0.497 e. The molecule has 0 radical (unpaired) electrons. The molecule has 0 amide bonds. The Kier molecular flexibility index (Phi) is 7.49. The number of para-hydroxylation sites is 1. The normalized spacial score (nSPS) is 10.8. The molecule has 10 heteroatoms. The summed E-state index contributed by atoms with van der Waals surface area (Å²) in [5.74, 6) is 2.12. The summed E-state index contributed by atoms with van der Waals surface area (Å²) >= 11 is 2.92. The van der Waals surface area contributed by atoms with E-state index in [1.54, 1.807) is 26.5 Å². The molecule has 176 valence electrons. The zero-order chi connectivity index (χ0) is 24.1. The minimum atomic E-state index is -0.410. The lowest BCUT2D eigenvalue weighted by molar-refractivity contribution is 0.0520. The van der Waals surface area contributed by atoms with Gasteiger partial charge < -0.3 is 14.2 Å². The zero-order valence-corrected chi connectivity index (χ0v) is 20.9. The highest BCUT2D eigenvalue weighted by molar-refractivity contribution is 7.98. The molecule has 0 atom stereocenters. The van der Waals surface area contributed by atoms with Gasteiger partial charge in [-0.15, -0.1) is 21.5 Å². The van der Waals surface area contributed by atoms with Crippen LogP contribution in [0, 0.1) is 6.92 Å². The molecule has 0 bridgehead atoms. The number of carbonyl (C=O) groups is 1. The summed E-state index contributed by atoms with van der Waals surface area (Å²) in [5, 5.41) is 12.2. The maximum Gasteiger partial charge on any atom is 0.357 e. The summed E-state index contributed by atoms with van der Waals surface area (Å²) in [6.45, 7) is 4.14. The lowest BCUT2D eigenvalue weighted by atomic mass is 10.1. The van der Waals surface area contributed by atoms with E-state index >= 15 is 0 Å². The van der Waals surface area contributed by atoms with Crippen LogP contribution in [0.3, 0.4) is 0 Å². The van der Waals surface area contributed by atoms with Crippen LogP contribution in [0.25, 0.3) is 17.1 Å². The van der Waals surface area contributed by atoms with Crippen LogP contribution in [-0.2, 0) is 10.5 Å². The molecule has 0 saturated carbocycles. The van der Waals surface area contributed by atoms with Crippen molar-refractivity contribution in [2.24, 2.45) is 0 Å². The number of hydrogen-bond donors (Lipinski definition) is 0. The van der Waals surface area contributed by atoms with Crippen LogP contribution < -0.4 is 9.47 Å². The fourth-order valence-electron chi connectivity index (χ4n) is 3.32. The quantitative estimate of drug-likeness (QED) is 0.231. The maximum atomic E-state index is 11.9. The molecule has 2 aromatic heterocycles. The number of methoxy groups -OCH3 is 2. The Morgan fingerprint density at radius 3 is 2.50 bits per heavy atom. The Bertz CT molecular complexity index is 1280. The van der Waals surface area contributed by atoms with Crippen LogP contribution in [0.15, 0.2) is 53.0 Å². The lowest BCUT2D eigenvalue weighted by Gasteiger charge is -2.14. The van der Waals surface area contributed by atoms with Crippen LogP contribution in [-0.4, -0.2) is 46.5 Å². The summed E-state index contributed by atoms with van der Waals surface area (Å²) in [5.41, 5.74) is 3.20. The van der Waals surface area contributed by atoms with Gasteiger partial charge in [0.1, 0.15) is 16.5 Å². The fraction of sp³-hybridized carbons (Fsp3) is 0.250. The van der Waals surface area contributed by atoms with Crippen molar-refractivity contribution in [3.63, 3.8) is 0 Å². The average Bonchev–Trinajstić information content (AvgIpc) is 3.50. The molecule has 0 unspecified atom stereocenters. The molecular weight excluding hydrogens is 472 g/mol. The summed E-state index contributed by atoms with van der Waals surface area (Å²) in [6, 6.07) is 13.7. The molecule has 0 aliphatic rings. The molecule has 2 aromatic carbocycles. The molecule has 4 aromatic rings. The number of nitrogens with zero attached hydrogens (tertiary/aromatic N) is 4. The Labute approximate surface area is 205 Å². The van der Waals surface area contributed by atoms with Gasteiger partial charge in [-0.1, -0.05) is 30.0 Å². The van der Waals surface area contributed by atoms with Crippen molar-refractivity contribution in [3.05, 3.63) is 64.1 Å². The molecule has 2 heterocycles. The molecule has 0 aliphatic heterocycles. The molecule has 0 aliphatic carbocycles. The summed E-state index contributed by atoms with van der Waals surface area (Å²) < 4.78 is 18.0. The second-order valence-electron chi connectivity index (χ2n) is 7.17. The van der Waals surface area contributed by atoms with E-state index in [1.807, 2.05) is 54.0 Å². The third-order valence-corrected chi connectivity index (χ3v) is 6.93. The molecule has 8 nitrogen and oxygen atoms in total. The number of rotatable bonds is 9. The number of thioether (sulfide) groups is 1. The van der Waals surface area contributed by atoms with Crippen molar-refractivity contribution in [1.82, 2.24) is 19.7 Å². The van der Waals surface area contributed by atoms with Gasteiger partial charge in [0, 0.05) is 17.0 Å². The summed E-state index contributed by atoms with van der Waals surface area (Å²) in [4.78, 5) is 16.3. The predicted octanol–water partition coefficient (Wildman–Crippen LogP) is 5.19. The highest BCUT2D eigenvalue weighted by atomic mass is 32.2. The number of benzene rings is 2. The minimum Gasteiger partial charge on any atom is -0.497 e. The first kappa shape index (κ1) is 23.8. The molecule has 0 N–H and O–H groups in total. The van der Waals surface area contributed by atoms with E-state index in [0.29, 0.717) is 40.5 Å². The number of carbonyl (C=O) groups excluding carboxylic acids is 1. The summed E-state index contributed by atoms with van der Waals surface area (Å²) in [7, 11) is 3.23. The second kappa shape index (κ2) is 10.7. The predicted molar refractivity (Wildman–Crippen MR) is 132 cm³/mol. The molecule has 0 fully saturated rings. The number of ether oxygens (including phenoxy) is 3. The first-order chi connectivity index (χ1) is 16.5. The van der Waals surface area contributed by atoms with Crippen molar-refractivity contribution in [3.8, 4) is 28.6 Å². The molecule has 34 heavy (non-hydrogen) atoms. The van der Waals surface area contributed by atoms with E-state index in [-0.39, 0.29) is 0 Å². The van der Waals surface area contributed by atoms with Gasteiger partial charge in [-0.3, -0.25) is 4.57 Å². The Balaban J connectivity index is 1.71.